The van der Waals surface area contributed by atoms with Gasteiger partial charge in [0.05, 0.1) is 11.8 Å². The lowest BCUT2D eigenvalue weighted by atomic mass is 9.95. The van der Waals surface area contributed by atoms with Gasteiger partial charge < -0.3 is 14.5 Å². The third-order valence-electron chi connectivity index (χ3n) is 9.22. The van der Waals surface area contributed by atoms with Gasteiger partial charge >= 0.3 is 11.9 Å². The first-order valence-electron chi connectivity index (χ1n) is 20.5. The Kier molecular flexibility index (Phi) is 34.4. The zero-order valence-corrected chi connectivity index (χ0v) is 33.3. The van der Waals surface area contributed by atoms with Gasteiger partial charge in [-0.3, -0.25) is 9.59 Å². The Balaban J connectivity index is 4.55. The summed E-state index contributed by atoms with van der Waals surface area (Å²) < 4.78 is 5.63. The Hall–Kier alpha value is -1.98. The Morgan fingerprint density at radius 1 is 0.449 bits per heavy atom. The molecule has 2 unspecified atom stereocenters. The first kappa shape index (κ1) is 47.0. The Labute approximate surface area is 305 Å². The largest absolute Gasteiger partial charge is 0.393 e. The molecule has 0 fully saturated rings. The standard InChI is InChI=1S/C44H80N2O3/c1-7-9-11-13-15-17-19-21-23-25-27-29-31-33-35-41(37-39-45(3)4)43(47)49-44(48)42(38-40-46(5)6)36-34-32-30-28-26-24-22-20-18-16-14-12-10-8-2/h15-18,21-24,41-42H,7-14,19-20,25-40H2,1-6H3/b17-15-,18-16-,23-21-,24-22-. The van der Waals surface area contributed by atoms with Crippen LogP contribution in [-0.2, 0) is 14.3 Å². The molecule has 0 aliphatic heterocycles. The molecule has 0 aromatic carbocycles. The molecule has 0 aliphatic carbocycles. The number of hydrogen-bond donors (Lipinski definition) is 0. The van der Waals surface area contributed by atoms with Crippen LogP contribution >= 0.6 is 0 Å². The molecule has 0 aliphatic rings. The zero-order valence-electron chi connectivity index (χ0n) is 33.3. The zero-order chi connectivity index (χ0) is 36.2. The van der Waals surface area contributed by atoms with Crippen molar-refractivity contribution in [3.63, 3.8) is 0 Å². The third-order valence-corrected chi connectivity index (χ3v) is 9.22. The van der Waals surface area contributed by atoms with Gasteiger partial charge in [0.1, 0.15) is 0 Å². The van der Waals surface area contributed by atoms with Crippen molar-refractivity contribution in [3.05, 3.63) is 48.6 Å². The van der Waals surface area contributed by atoms with E-state index in [1.54, 1.807) is 0 Å². The van der Waals surface area contributed by atoms with Crippen LogP contribution in [0.1, 0.15) is 168 Å². The third kappa shape index (κ3) is 33.0. The fourth-order valence-corrected chi connectivity index (χ4v) is 5.90. The summed E-state index contributed by atoms with van der Waals surface area (Å²) in [5, 5.41) is 0. The second-order valence-electron chi connectivity index (χ2n) is 14.6. The quantitative estimate of drug-likeness (QED) is 0.0292. The van der Waals surface area contributed by atoms with Crippen molar-refractivity contribution in [3.8, 4) is 0 Å². The molecule has 0 spiro atoms. The topological polar surface area (TPSA) is 49.9 Å². The maximum atomic E-state index is 13.3. The van der Waals surface area contributed by atoms with Gasteiger partial charge in [-0.15, -0.1) is 0 Å². The summed E-state index contributed by atoms with van der Waals surface area (Å²) in [5.41, 5.74) is 0. The van der Waals surface area contributed by atoms with Gasteiger partial charge in [-0.25, -0.2) is 0 Å². The molecule has 0 heterocycles. The summed E-state index contributed by atoms with van der Waals surface area (Å²) in [5.74, 6) is -1.05. The maximum Gasteiger partial charge on any atom is 0.316 e. The summed E-state index contributed by atoms with van der Waals surface area (Å²) in [6.45, 7) is 6.13. The maximum absolute atomic E-state index is 13.3. The van der Waals surface area contributed by atoms with E-state index >= 15 is 0 Å². The highest BCUT2D eigenvalue weighted by Gasteiger charge is 2.27. The van der Waals surface area contributed by atoms with Gasteiger partial charge in [0.2, 0.25) is 0 Å². The van der Waals surface area contributed by atoms with Gasteiger partial charge in [0.15, 0.2) is 0 Å². The van der Waals surface area contributed by atoms with Gasteiger partial charge in [-0.05, 0) is 131 Å². The fraction of sp³-hybridized carbons (Fsp3) is 0.773. The average molecular weight is 685 g/mol. The first-order chi connectivity index (χ1) is 23.8. The molecule has 284 valence electrons. The molecular formula is C44H80N2O3. The minimum absolute atomic E-state index is 0.213. The highest BCUT2D eigenvalue weighted by atomic mass is 16.6. The molecule has 0 rings (SSSR count). The van der Waals surface area contributed by atoms with E-state index in [-0.39, 0.29) is 23.8 Å². The van der Waals surface area contributed by atoms with E-state index in [2.05, 4.69) is 72.3 Å². The predicted molar refractivity (Wildman–Crippen MR) is 214 cm³/mol. The van der Waals surface area contributed by atoms with Crippen LogP contribution in [0.3, 0.4) is 0 Å². The van der Waals surface area contributed by atoms with E-state index in [0.29, 0.717) is 0 Å². The van der Waals surface area contributed by atoms with Gasteiger partial charge in [-0.2, -0.15) is 0 Å². The molecule has 5 nitrogen and oxygen atoms in total. The minimum Gasteiger partial charge on any atom is -0.393 e. The fourth-order valence-electron chi connectivity index (χ4n) is 5.90. The summed E-state index contributed by atoms with van der Waals surface area (Å²) in [7, 11) is 8.13. The number of hydrogen-bond acceptors (Lipinski definition) is 5. The molecule has 0 aromatic rings. The summed E-state index contributed by atoms with van der Waals surface area (Å²) in [6.07, 6.45) is 44.9. The van der Waals surface area contributed by atoms with Crippen LogP contribution in [-0.4, -0.2) is 63.0 Å². The predicted octanol–water partition coefficient (Wildman–Crippen LogP) is 12.0. The number of allylic oxidation sites excluding steroid dienone is 8. The van der Waals surface area contributed by atoms with Crippen molar-refractivity contribution >= 4 is 11.9 Å². The minimum atomic E-state index is -0.310. The van der Waals surface area contributed by atoms with Gasteiger partial charge in [0, 0.05) is 0 Å². The first-order valence-corrected chi connectivity index (χ1v) is 20.5. The van der Waals surface area contributed by atoms with Crippen molar-refractivity contribution in [1.82, 2.24) is 9.80 Å². The van der Waals surface area contributed by atoms with Crippen LogP contribution in [0.5, 0.6) is 0 Å². The molecule has 0 aromatic heterocycles. The van der Waals surface area contributed by atoms with Crippen molar-refractivity contribution in [1.29, 1.82) is 0 Å². The SMILES string of the molecule is CCCCC/C=C\C/C=C\CCCCCCC(CCN(C)C)C(=O)OC(=O)C(CCCCCC/C=C\C/C=C\CCCCC)CCN(C)C. The van der Waals surface area contributed by atoms with Crippen LogP contribution < -0.4 is 0 Å². The molecule has 5 heteroatoms. The number of rotatable bonds is 34. The molecule has 0 N–H and O–H groups in total. The number of carbonyl (C=O) groups excluding carboxylic acids is 2. The lowest BCUT2D eigenvalue weighted by Gasteiger charge is -2.21. The Morgan fingerprint density at radius 3 is 1.10 bits per heavy atom. The van der Waals surface area contributed by atoms with Crippen LogP contribution in [0.15, 0.2) is 48.6 Å². The van der Waals surface area contributed by atoms with Crippen LogP contribution in [0.4, 0.5) is 0 Å². The second-order valence-corrected chi connectivity index (χ2v) is 14.6. The second kappa shape index (κ2) is 35.8. The molecule has 0 amide bonds. The van der Waals surface area contributed by atoms with E-state index < -0.39 is 0 Å². The van der Waals surface area contributed by atoms with Gasteiger partial charge in [0.25, 0.3) is 0 Å². The van der Waals surface area contributed by atoms with Crippen LogP contribution in [0.2, 0.25) is 0 Å². The van der Waals surface area contributed by atoms with E-state index in [1.165, 1.54) is 77.0 Å². The molecule has 0 saturated carbocycles. The monoisotopic (exact) mass is 685 g/mol. The summed E-state index contributed by atoms with van der Waals surface area (Å²) in [6, 6.07) is 0. The van der Waals surface area contributed by atoms with Gasteiger partial charge in [-0.1, -0.05) is 127 Å². The Bertz CT molecular complexity index is 803. The van der Waals surface area contributed by atoms with Crippen LogP contribution in [0.25, 0.3) is 0 Å². The Morgan fingerprint density at radius 2 is 0.776 bits per heavy atom. The molecule has 0 saturated heterocycles. The number of nitrogens with zero attached hydrogens (tertiary/aromatic N) is 2. The summed E-state index contributed by atoms with van der Waals surface area (Å²) >= 11 is 0. The van der Waals surface area contributed by atoms with E-state index in [0.717, 1.165) is 90.1 Å². The highest BCUT2D eigenvalue weighted by Crippen LogP contribution is 2.21. The van der Waals surface area contributed by atoms with Crippen molar-refractivity contribution in [2.45, 2.75) is 168 Å². The molecule has 2 atom stereocenters. The van der Waals surface area contributed by atoms with E-state index in [1.807, 2.05) is 28.2 Å². The number of carbonyl (C=O) groups is 2. The smallest absolute Gasteiger partial charge is 0.316 e. The molecule has 0 bridgehead atoms. The number of ether oxygens (including phenoxy) is 1. The van der Waals surface area contributed by atoms with Crippen molar-refractivity contribution in [2.75, 3.05) is 41.3 Å². The van der Waals surface area contributed by atoms with Crippen LogP contribution in [0, 0.1) is 11.8 Å². The number of esters is 2. The van der Waals surface area contributed by atoms with E-state index in [4.69, 9.17) is 4.74 Å². The molecule has 49 heavy (non-hydrogen) atoms. The lowest BCUT2D eigenvalue weighted by Crippen LogP contribution is -2.30. The molecule has 0 radical (unpaired) electrons. The highest BCUT2D eigenvalue weighted by molar-refractivity contribution is 5.87. The lowest BCUT2D eigenvalue weighted by molar-refractivity contribution is -0.166. The molecular weight excluding hydrogens is 604 g/mol. The van der Waals surface area contributed by atoms with Crippen molar-refractivity contribution < 1.29 is 14.3 Å². The average Bonchev–Trinajstić information content (AvgIpc) is 3.07. The normalized spacial score (nSPS) is 13.6. The number of unbranched alkanes of at least 4 members (excludes halogenated alkanes) is 14. The van der Waals surface area contributed by atoms with E-state index in [9.17, 15) is 9.59 Å². The van der Waals surface area contributed by atoms with Crippen molar-refractivity contribution in [2.24, 2.45) is 11.8 Å². The summed E-state index contributed by atoms with van der Waals surface area (Å²) in [4.78, 5) is 30.8.